The molecule has 4 atom stereocenters. The number of H-pyrrole nitrogens is 2. The third kappa shape index (κ3) is 8.75. The van der Waals surface area contributed by atoms with Crippen LogP contribution in [0.25, 0.3) is 11.3 Å². The second-order valence-corrected chi connectivity index (χ2v) is 13.5. The van der Waals surface area contributed by atoms with Crippen LogP contribution in [0.3, 0.4) is 0 Å². The van der Waals surface area contributed by atoms with Crippen molar-refractivity contribution >= 4 is 24.0 Å². The van der Waals surface area contributed by atoms with Gasteiger partial charge in [-0.05, 0) is 73.0 Å². The van der Waals surface area contributed by atoms with Gasteiger partial charge in [0.1, 0.15) is 29.4 Å². The Morgan fingerprint density at radius 2 is 1.25 bits per heavy atom. The highest BCUT2D eigenvalue weighted by atomic mass is 16.5. The number of nitrogens with one attached hydrogen (secondary N) is 4. The summed E-state index contributed by atoms with van der Waals surface area (Å²) >= 11 is 0. The van der Waals surface area contributed by atoms with Crippen molar-refractivity contribution in [2.75, 3.05) is 27.3 Å². The van der Waals surface area contributed by atoms with Crippen LogP contribution in [-0.4, -0.2) is 93.1 Å². The summed E-state index contributed by atoms with van der Waals surface area (Å²) in [5.74, 6) is 12.6. The topological polar surface area (TPSA) is 175 Å². The van der Waals surface area contributed by atoms with Crippen LogP contribution in [0.5, 0.6) is 0 Å². The maximum atomic E-state index is 13.4. The average Bonchev–Trinajstić information content (AvgIpc) is 3.97. The first-order valence-corrected chi connectivity index (χ1v) is 17.5. The van der Waals surface area contributed by atoms with Crippen LogP contribution in [0.4, 0.5) is 9.59 Å². The normalized spacial score (nSPS) is 17.8. The van der Waals surface area contributed by atoms with E-state index in [0.717, 1.165) is 42.5 Å². The van der Waals surface area contributed by atoms with Gasteiger partial charge in [-0.2, -0.15) is 0 Å². The molecule has 0 saturated carbocycles. The summed E-state index contributed by atoms with van der Waals surface area (Å²) in [6.45, 7) is 8.68. The Labute approximate surface area is 303 Å². The largest absolute Gasteiger partial charge is 0.453 e. The lowest BCUT2D eigenvalue weighted by Gasteiger charge is -2.30. The predicted molar refractivity (Wildman–Crippen MR) is 192 cm³/mol. The van der Waals surface area contributed by atoms with Gasteiger partial charge in [0.15, 0.2) is 0 Å². The number of hydrogen-bond donors (Lipinski definition) is 4. The number of methoxy groups -OCH3 is 2. The summed E-state index contributed by atoms with van der Waals surface area (Å²) in [7, 11) is 2.55. The summed E-state index contributed by atoms with van der Waals surface area (Å²) in [5.41, 5.74) is 3.11. The molecule has 0 unspecified atom stereocenters. The lowest BCUT2D eigenvalue weighted by Crippen LogP contribution is -2.51. The van der Waals surface area contributed by atoms with E-state index in [-0.39, 0.29) is 35.7 Å². The third-order valence-corrected chi connectivity index (χ3v) is 9.34. The Balaban J connectivity index is 1.20. The van der Waals surface area contributed by atoms with Crippen LogP contribution in [-0.2, 0) is 19.1 Å². The number of amides is 4. The van der Waals surface area contributed by atoms with Crippen LogP contribution in [0.2, 0.25) is 0 Å². The molecular weight excluding hydrogens is 664 g/mol. The first-order valence-electron chi connectivity index (χ1n) is 17.5. The summed E-state index contributed by atoms with van der Waals surface area (Å²) < 4.78 is 9.44. The number of likely N-dealkylation sites (tertiary alicyclic amines) is 2. The van der Waals surface area contributed by atoms with Crippen LogP contribution in [0.15, 0.2) is 36.7 Å². The van der Waals surface area contributed by atoms with Crippen molar-refractivity contribution < 1.29 is 28.7 Å². The lowest BCUT2D eigenvalue weighted by atomic mass is 10.0. The molecule has 0 spiro atoms. The van der Waals surface area contributed by atoms with Crippen molar-refractivity contribution in [1.82, 2.24) is 40.4 Å². The maximum Gasteiger partial charge on any atom is 0.407 e. The first kappa shape index (κ1) is 37.5. The van der Waals surface area contributed by atoms with Gasteiger partial charge in [-0.1, -0.05) is 45.7 Å². The Morgan fingerprint density at radius 1 is 0.750 bits per heavy atom. The van der Waals surface area contributed by atoms with Gasteiger partial charge in [0.05, 0.1) is 44.4 Å². The highest BCUT2D eigenvalue weighted by molar-refractivity contribution is 5.87. The Hall–Kier alpha value is -5.76. The zero-order valence-corrected chi connectivity index (χ0v) is 30.4. The van der Waals surface area contributed by atoms with Crippen molar-refractivity contribution in [3.63, 3.8) is 0 Å². The van der Waals surface area contributed by atoms with E-state index in [2.05, 4.69) is 54.3 Å². The van der Waals surface area contributed by atoms with E-state index >= 15 is 0 Å². The molecule has 14 nitrogen and oxygen atoms in total. The quantitative estimate of drug-likeness (QED) is 0.238. The van der Waals surface area contributed by atoms with Crippen LogP contribution >= 0.6 is 0 Å². The molecule has 274 valence electrons. The van der Waals surface area contributed by atoms with E-state index in [4.69, 9.17) is 9.47 Å². The Morgan fingerprint density at radius 3 is 1.77 bits per heavy atom. The SMILES string of the molecule is COC(=O)N[C@H](C(=O)N1CCC[C@@H]1c1ncc(-c2ccc(C#CC#Cc3cnc([C@H]4CCCN4C(=O)[C@H](NC(=O)OC)C(C)C)[nH]3)cc2)[nH]1)C(C)C. The van der Waals surface area contributed by atoms with E-state index in [1.807, 2.05) is 52.0 Å². The monoisotopic (exact) mass is 710 g/mol. The highest BCUT2D eigenvalue weighted by Gasteiger charge is 2.38. The molecule has 0 radical (unpaired) electrons. The third-order valence-electron chi connectivity index (χ3n) is 9.34. The lowest BCUT2D eigenvalue weighted by molar-refractivity contribution is -0.136. The molecule has 0 bridgehead atoms. The second-order valence-electron chi connectivity index (χ2n) is 13.5. The molecule has 4 N–H and O–H groups in total. The number of carbonyl (C=O) groups is 4. The second kappa shape index (κ2) is 17.0. The average molecular weight is 711 g/mol. The molecule has 2 aromatic heterocycles. The van der Waals surface area contributed by atoms with Gasteiger partial charge in [0, 0.05) is 18.7 Å². The van der Waals surface area contributed by atoms with Crippen LogP contribution in [0, 0.1) is 35.5 Å². The van der Waals surface area contributed by atoms with Gasteiger partial charge in [-0.25, -0.2) is 19.6 Å². The number of alkyl carbamates (subject to hydrolysis) is 2. The number of imidazole rings is 2. The van der Waals surface area contributed by atoms with Crippen molar-refractivity contribution in [3.8, 4) is 34.9 Å². The minimum atomic E-state index is -0.703. The number of carbonyl (C=O) groups excluding carboxylic acids is 4. The molecule has 52 heavy (non-hydrogen) atoms. The number of aromatic nitrogens is 4. The van der Waals surface area contributed by atoms with Gasteiger partial charge < -0.3 is 39.9 Å². The fourth-order valence-electron chi connectivity index (χ4n) is 6.54. The van der Waals surface area contributed by atoms with E-state index in [9.17, 15) is 19.2 Å². The number of rotatable bonds is 9. The van der Waals surface area contributed by atoms with Gasteiger partial charge >= 0.3 is 12.2 Å². The molecule has 3 aromatic rings. The van der Waals surface area contributed by atoms with Crippen molar-refractivity contribution in [3.05, 3.63) is 59.6 Å². The molecule has 14 heteroatoms. The highest BCUT2D eigenvalue weighted by Crippen LogP contribution is 2.33. The molecule has 4 heterocycles. The number of aromatic amines is 2. The van der Waals surface area contributed by atoms with Crippen LogP contribution in [0.1, 0.15) is 88.4 Å². The van der Waals surface area contributed by atoms with Crippen LogP contribution < -0.4 is 10.6 Å². The van der Waals surface area contributed by atoms with Crippen molar-refractivity contribution in [2.45, 2.75) is 77.5 Å². The van der Waals surface area contributed by atoms with Crippen molar-refractivity contribution in [2.24, 2.45) is 11.8 Å². The smallest absolute Gasteiger partial charge is 0.407 e. The molecule has 2 aliphatic heterocycles. The molecule has 2 saturated heterocycles. The number of ether oxygens (including phenoxy) is 2. The Bertz CT molecular complexity index is 1880. The van der Waals surface area contributed by atoms with Gasteiger partial charge in [-0.3, -0.25) is 9.59 Å². The molecule has 0 aliphatic carbocycles. The summed E-state index contributed by atoms with van der Waals surface area (Å²) in [6.07, 6.45) is 5.30. The minimum absolute atomic E-state index is 0.111. The molecule has 5 rings (SSSR count). The van der Waals surface area contributed by atoms with E-state index < -0.39 is 24.3 Å². The summed E-state index contributed by atoms with van der Waals surface area (Å²) in [5, 5.41) is 5.33. The summed E-state index contributed by atoms with van der Waals surface area (Å²) in [4.78, 5) is 69.8. The zero-order valence-electron chi connectivity index (χ0n) is 30.4. The van der Waals surface area contributed by atoms with E-state index in [1.54, 1.807) is 22.2 Å². The fourth-order valence-corrected chi connectivity index (χ4v) is 6.54. The number of benzene rings is 1. The van der Waals surface area contributed by atoms with E-state index in [1.165, 1.54) is 14.2 Å². The molecule has 4 amide bonds. The first-order chi connectivity index (χ1) is 25.0. The van der Waals surface area contributed by atoms with Crippen molar-refractivity contribution in [1.29, 1.82) is 0 Å². The van der Waals surface area contributed by atoms with E-state index in [0.29, 0.717) is 30.4 Å². The maximum absolute atomic E-state index is 13.4. The number of nitrogens with zero attached hydrogens (tertiary/aromatic N) is 4. The standard InChI is InChI=1S/C38H46N8O6/c1-23(2)31(43-37(49)51-5)35(47)45-19-9-13-29(45)33-39-21-27(41-33)12-8-7-11-25-15-17-26(18-16-25)28-22-40-34(42-28)30-14-10-20-46(30)36(48)32(24(3)4)44-38(50)52-6/h15-18,21-24,29-32H,9-10,13-14,19-20H2,1-6H3,(H,39,41)(H,40,42)(H,43,49)(H,44,50)/t29-,30-,31-,32+/m1/s1. The summed E-state index contributed by atoms with van der Waals surface area (Å²) in [6, 6.07) is 5.84. The minimum Gasteiger partial charge on any atom is -0.453 e. The van der Waals surface area contributed by atoms with Gasteiger partial charge in [0.2, 0.25) is 11.8 Å². The van der Waals surface area contributed by atoms with Gasteiger partial charge in [-0.15, -0.1) is 0 Å². The number of hydrogen-bond acceptors (Lipinski definition) is 8. The molecular formula is C38H46N8O6. The predicted octanol–water partition coefficient (Wildman–Crippen LogP) is 4.29. The Kier molecular flexibility index (Phi) is 12.2. The fraction of sp³-hybridized carbons (Fsp3) is 0.474. The molecule has 1 aromatic carbocycles. The molecule has 2 fully saturated rings. The molecule has 2 aliphatic rings. The zero-order chi connectivity index (χ0) is 37.4. The van der Waals surface area contributed by atoms with Gasteiger partial charge in [0.25, 0.3) is 0 Å².